The van der Waals surface area contributed by atoms with Gasteiger partial charge >= 0.3 is 0 Å². The molecule has 1 atom stereocenters. The van der Waals surface area contributed by atoms with Crippen molar-refractivity contribution in [3.8, 4) is 11.5 Å². The second-order valence-corrected chi connectivity index (χ2v) is 8.69. The smallest absolute Gasteiger partial charge is 0.289 e. The number of tetrazole rings is 1. The SMILES string of the molecule is COc1ccc(CCn2nnnc2[C@H](C(C)C)N2CCN(C(=O)c3ccco3)CC2)cc1OC. The minimum Gasteiger partial charge on any atom is -0.493 e. The van der Waals surface area contributed by atoms with E-state index in [0.29, 0.717) is 42.8 Å². The summed E-state index contributed by atoms with van der Waals surface area (Å²) in [5, 5.41) is 12.7. The van der Waals surface area contributed by atoms with Crippen LogP contribution in [0.15, 0.2) is 41.0 Å². The van der Waals surface area contributed by atoms with E-state index in [0.717, 1.165) is 30.9 Å². The van der Waals surface area contributed by atoms with Crippen molar-refractivity contribution in [1.29, 1.82) is 0 Å². The summed E-state index contributed by atoms with van der Waals surface area (Å²) >= 11 is 0. The number of ether oxygens (including phenoxy) is 2. The largest absolute Gasteiger partial charge is 0.493 e. The predicted molar refractivity (Wildman–Crippen MR) is 125 cm³/mol. The van der Waals surface area contributed by atoms with Crippen LogP contribution in [0.3, 0.4) is 0 Å². The molecule has 1 amide bonds. The summed E-state index contributed by atoms with van der Waals surface area (Å²) in [6.07, 6.45) is 2.29. The van der Waals surface area contributed by atoms with Crippen molar-refractivity contribution in [3.63, 3.8) is 0 Å². The molecule has 1 saturated heterocycles. The molecule has 0 radical (unpaired) electrons. The molecule has 10 heteroatoms. The van der Waals surface area contributed by atoms with Gasteiger partial charge in [0.2, 0.25) is 0 Å². The molecule has 3 aromatic rings. The van der Waals surface area contributed by atoms with E-state index in [9.17, 15) is 4.79 Å². The fourth-order valence-corrected chi connectivity index (χ4v) is 4.50. The number of benzene rings is 1. The van der Waals surface area contributed by atoms with Gasteiger partial charge in [0.05, 0.1) is 26.5 Å². The van der Waals surface area contributed by atoms with Gasteiger partial charge in [-0.1, -0.05) is 19.9 Å². The quantitative estimate of drug-likeness (QED) is 0.473. The highest BCUT2D eigenvalue weighted by Gasteiger charge is 2.33. The molecule has 182 valence electrons. The molecule has 4 rings (SSSR count). The van der Waals surface area contributed by atoms with E-state index in [-0.39, 0.29) is 11.9 Å². The van der Waals surface area contributed by atoms with E-state index in [1.54, 1.807) is 26.4 Å². The van der Waals surface area contributed by atoms with Crippen LogP contribution in [-0.4, -0.2) is 76.3 Å². The first-order valence-corrected chi connectivity index (χ1v) is 11.6. The maximum atomic E-state index is 12.6. The van der Waals surface area contributed by atoms with Crippen LogP contribution in [0.2, 0.25) is 0 Å². The summed E-state index contributed by atoms with van der Waals surface area (Å²) in [5.41, 5.74) is 1.12. The van der Waals surface area contributed by atoms with Crippen LogP contribution in [-0.2, 0) is 13.0 Å². The lowest BCUT2D eigenvalue weighted by molar-refractivity contribution is 0.0463. The van der Waals surface area contributed by atoms with E-state index in [1.807, 2.05) is 27.8 Å². The molecule has 0 saturated carbocycles. The fraction of sp³-hybridized carbons (Fsp3) is 0.500. The van der Waals surface area contributed by atoms with Crippen molar-refractivity contribution in [1.82, 2.24) is 30.0 Å². The van der Waals surface area contributed by atoms with Crippen molar-refractivity contribution in [3.05, 3.63) is 53.7 Å². The zero-order valence-corrected chi connectivity index (χ0v) is 20.2. The normalized spacial score (nSPS) is 15.5. The number of carbonyl (C=O) groups is 1. The van der Waals surface area contributed by atoms with Gasteiger partial charge in [0, 0.05) is 32.7 Å². The molecule has 3 heterocycles. The Morgan fingerprint density at radius 1 is 1.09 bits per heavy atom. The van der Waals surface area contributed by atoms with Crippen LogP contribution >= 0.6 is 0 Å². The first-order valence-electron chi connectivity index (χ1n) is 11.6. The van der Waals surface area contributed by atoms with E-state index >= 15 is 0 Å². The topological polar surface area (TPSA) is 98.8 Å². The highest BCUT2D eigenvalue weighted by Crippen LogP contribution is 2.30. The van der Waals surface area contributed by atoms with Crippen LogP contribution in [0, 0.1) is 5.92 Å². The van der Waals surface area contributed by atoms with Crippen LogP contribution in [0.5, 0.6) is 11.5 Å². The number of aryl methyl sites for hydroxylation is 2. The number of furan rings is 1. The fourth-order valence-electron chi connectivity index (χ4n) is 4.50. The maximum absolute atomic E-state index is 12.6. The summed E-state index contributed by atoms with van der Waals surface area (Å²) in [4.78, 5) is 16.8. The molecular weight excluding hydrogens is 436 g/mol. The van der Waals surface area contributed by atoms with Crippen molar-refractivity contribution in [2.45, 2.75) is 32.9 Å². The molecule has 1 aliphatic rings. The van der Waals surface area contributed by atoms with Gasteiger partial charge < -0.3 is 18.8 Å². The van der Waals surface area contributed by atoms with Crippen LogP contribution in [0.4, 0.5) is 0 Å². The molecule has 1 fully saturated rings. The standard InChI is InChI=1S/C24H32N6O4/c1-17(2)22(28-11-13-29(14-12-28)24(31)20-6-5-15-34-20)23-25-26-27-30(23)10-9-18-7-8-19(32-3)21(16-18)33-4/h5-8,15-17,22H,9-14H2,1-4H3/t22-/m0/s1. The highest BCUT2D eigenvalue weighted by atomic mass is 16.5. The predicted octanol–water partition coefficient (Wildman–Crippen LogP) is 2.68. The third kappa shape index (κ3) is 5.06. The summed E-state index contributed by atoms with van der Waals surface area (Å²) in [6, 6.07) is 9.42. The van der Waals surface area contributed by atoms with E-state index < -0.39 is 0 Å². The van der Waals surface area contributed by atoms with Crippen LogP contribution in [0.1, 0.15) is 41.8 Å². The Labute approximate surface area is 199 Å². The second-order valence-electron chi connectivity index (χ2n) is 8.69. The number of nitrogens with zero attached hydrogens (tertiary/aromatic N) is 6. The Hall–Kier alpha value is -3.40. The lowest BCUT2D eigenvalue weighted by Gasteiger charge is -2.40. The number of amides is 1. The monoisotopic (exact) mass is 468 g/mol. The van der Waals surface area contributed by atoms with Gasteiger partial charge in [0.1, 0.15) is 0 Å². The van der Waals surface area contributed by atoms with Gasteiger partial charge in [-0.25, -0.2) is 4.68 Å². The van der Waals surface area contributed by atoms with Crippen molar-refractivity contribution < 1.29 is 18.7 Å². The third-order valence-corrected chi connectivity index (χ3v) is 6.24. The Morgan fingerprint density at radius 2 is 1.85 bits per heavy atom. The Balaban J connectivity index is 1.43. The number of aromatic nitrogens is 4. The molecule has 0 N–H and O–H groups in total. The highest BCUT2D eigenvalue weighted by molar-refractivity contribution is 5.91. The lowest BCUT2D eigenvalue weighted by atomic mass is 10.0. The molecule has 1 aliphatic heterocycles. The number of carbonyl (C=O) groups excluding carboxylic acids is 1. The van der Waals surface area contributed by atoms with Gasteiger partial charge in [-0.15, -0.1) is 5.10 Å². The molecule has 10 nitrogen and oxygen atoms in total. The molecule has 0 unspecified atom stereocenters. The first-order chi connectivity index (χ1) is 16.5. The average molecular weight is 469 g/mol. The zero-order chi connectivity index (χ0) is 24.1. The summed E-state index contributed by atoms with van der Waals surface area (Å²) in [5.74, 6) is 2.88. The Bertz CT molecular complexity index is 1070. The van der Waals surface area contributed by atoms with Gasteiger partial charge in [-0.2, -0.15) is 0 Å². The molecular formula is C24H32N6O4. The maximum Gasteiger partial charge on any atom is 0.289 e. The Morgan fingerprint density at radius 3 is 2.50 bits per heavy atom. The van der Waals surface area contributed by atoms with E-state index in [1.165, 1.54) is 6.26 Å². The van der Waals surface area contributed by atoms with Crippen LogP contribution < -0.4 is 9.47 Å². The third-order valence-electron chi connectivity index (χ3n) is 6.24. The molecule has 1 aromatic carbocycles. The van der Waals surface area contributed by atoms with Gasteiger partial charge in [0.15, 0.2) is 23.1 Å². The number of rotatable bonds is 9. The van der Waals surface area contributed by atoms with Crippen LogP contribution in [0.25, 0.3) is 0 Å². The molecule has 0 aliphatic carbocycles. The zero-order valence-electron chi connectivity index (χ0n) is 20.2. The van der Waals surface area contributed by atoms with Gasteiger partial charge in [-0.05, 0) is 52.6 Å². The van der Waals surface area contributed by atoms with Crippen molar-refractivity contribution in [2.24, 2.45) is 5.92 Å². The minimum atomic E-state index is -0.0644. The average Bonchev–Trinajstić information content (AvgIpc) is 3.55. The number of piperazine rings is 1. The molecule has 0 bridgehead atoms. The molecule has 34 heavy (non-hydrogen) atoms. The molecule has 2 aromatic heterocycles. The molecule has 0 spiro atoms. The Kier molecular flexibility index (Phi) is 7.46. The van der Waals surface area contributed by atoms with Gasteiger partial charge in [-0.3, -0.25) is 9.69 Å². The summed E-state index contributed by atoms with van der Waals surface area (Å²) in [7, 11) is 3.26. The van der Waals surface area contributed by atoms with Crippen molar-refractivity contribution in [2.75, 3.05) is 40.4 Å². The second kappa shape index (κ2) is 10.7. The van der Waals surface area contributed by atoms with E-state index in [2.05, 4.69) is 34.3 Å². The minimum absolute atomic E-state index is 0.0567. The first kappa shape index (κ1) is 23.7. The van der Waals surface area contributed by atoms with E-state index in [4.69, 9.17) is 13.9 Å². The number of methoxy groups -OCH3 is 2. The summed E-state index contributed by atoms with van der Waals surface area (Å²) < 4.78 is 17.9. The number of hydrogen-bond acceptors (Lipinski definition) is 8. The van der Waals surface area contributed by atoms with Gasteiger partial charge in [0.25, 0.3) is 5.91 Å². The lowest BCUT2D eigenvalue weighted by Crippen LogP contribution is -2.50. The van der Waals surface area contributed by atoms with Crippen molar-refractivity contribution >= 4 is 5.91 Å². The number of hydrogen-bond donors (Lipinski definition) is 0. The summed E-state index contributed by atoms with van der Waals surface area (Å²) in [6.45, 7) is 7.77.